The largest absolute Gasteiger partial charge is 0.486 e. The maximum Gasteiger partial charge on any atom is 0.140 e. The van der Waals surface area contributed by atoms with Gasteiger partial charge in [0.2, 0.25) is 0 Å². The summed E-state index contributed by atoms with van der Waals surface area (Å²) in [5, 5.41) is 12.3. The quantitative estimate of drug-likeness (QED) is 0.888. The third kappa shape index (κ3) is 3.82. The van der Waals surface area contributed by atoms with Crippen LogP contribution in [0.2, 0.25) is 0 Å². The Morgan fingerprint density at radius 3 is 2.95 bits per heavy atom. The summed E-state index contributed by atoms with van der Waals surface area (Å²) >= 11 is 1.56. The summed E-state index contributed by atoms with van der Waals surface area (Å²) in [7, 11) is 0. The molecule has 1 unspecified atom stereocenters. The molecule has 2 aromatic rings. The first-order valence-electron chi connectivity index (χ1n) is 7.41. The zero-order valence-corrected chi connectivity index (χ0v) is 13.1. The van der Waals surface area contributed by atoms with E-state index in [9.17, 15) is 9.50 Å². The Labute approximate surface area is 133 Å². The van der Waals surface area contributed by atoms with E-state index >= 15 is 0 Å². The molecule has 22 heavy (non-hydrogen) atoms. The molecule has 1 aliphatic rings. The molecule has 0 spiro atoms. The molecule has 0 aliphatic carbocycles. The van der Waals surface area contributed by atoms with Crippen LogP contribution in [-0.4, -0.2) is 34.2 Å². The van der Waals surface area contributed by atoms with Crippen molar-refractivity contribution in [2.24, 2.45) is 0 Å². The van der Waals surface area contributed by atoms with Crippen LogP contribution in [0.15, 0.2) is 29.6 Å². The first-order valence-corrected chi connectivity index (χ1v) is 8.29. The first-order chi connectivity index (χ1) is 10.7. The summed E-state index contributed by atoms with van der Waals surface area (Å²) in [6.45, 7) is 2.40. The molecule has 1 aromatic heterocycles. The molecule has 1 N–H and O–H groups in total. The fourth-order valence-corrected chi connectivity index (χ4v) is 3.38. The van der Waals surface area contributed by atoms with E-state index in [4.69, 9.17) is 4.74 Å². The maximum absolute atomic E-state index is 12.8. The SMILES string of the molecule is OCC1CCCN1Cc1csc(COc2ccc(F)cc2)n1. The number of aliphatic hydroxyl groups excluding tert-OH is 1. The highest BCUT2D eigenvalue weighted by atomic mass is 32.1. The van der Waals surface area contributed by atoms with Crippen LogP contribution in [0.25, 0.3) is 0 Å². The van der Waals surface area contributed by atoms with Gasteiger partial charge in [0.1, 0.15) is 23.2 Å². The van der Waals surface area contributed by atoms with Crippen molar-refractivity contribution in [3.63, 3.8) is 0 Å². The molecule has 2 heterocycles. The van der Waals surface area contributed by atoms with Crippen molar-refractivity contribution in [1.29, 1.82) is 0 Å². The second kappa shape index (κ2) is 7.17. The number of thiazole rings is 1. The first kappa shape index (κ1) is 15.4. The van der Waals surface area contributed by atoms with Gasteiger partial charge in [0.05, 0.1) is 12.3 Å². The molecule has 118 valence electrons. The van der Waals surface area contributed by atoms with E-state index < -0.39 is 0 Å². The number of aliphatic hydroxyl groups is 1. The van der Waals surface area contributed by atoms with Gasteiger partial charge in [-0.1, -0.05) is 0 Å². The third-order valence-electron chi connectivity index (χ3n) is 3.85. The van der Waals surface area contributed by atoms with Crippen LogP contribution in [0, 0.1) is 5.82 Å². The molecular weight excluding hydrogens is 303 g/mol. The molecule has 0 saturated carbocycles. The predicted octanol–water partition coefficient (Wildman–Crippen LogP) is 2.82. The normalized spacial score (nSPS) is 18.7. The summed E-state index contributed by atoms with van der Waals surface area (Å²) in [6, 6.07) is 6.25. The molecule has 3 rings (SSSR count). The van der Waals surface area contributed by atoms with Crippen molar-refractivity contribution in [2.45, 2.75) is 32.0 Å². The van der Waals surface area contributed by atoms with Gasteiger partial charge in [-0.25, -0.2) is 9.37 Å². The predicted molar refractivity (Wildman–Crippen MR) is 83.4 cm³/mol. The number of rotatable bonds is 6. The van der Waals surface area contributed by atoms with E-state index in [1.165, 1.54) is 12.1 Å². The van der Waals surface area contributed by atoms with Crippen LogP contribution in [0.5, 0.6) is 5.75 Å². The van der Waals surface area contributed by atoms with Crippen LogP contribution in [0.4, 0.5) is 4.39 Å². The van der Waals surface area contributed by atoms with E-state index in [0.717, 1.165) is 36.6 Å². The highest BCUT2D eigenvalue weighted by Crippen LogP contribution is 2.21. The minimum atomic E-state index is -0.270. The van der Waals surface area contributed by atoms with Crippen molar-refractivity contribution >= 4 is 11.3 Å². The fourth-order valence-electron chi connectivity index (χ4n) is 2.68. The van der Waals surface area contributed by atoms with Crippen molar-refractivity contribution in [1.82, 2.24) is 9.88 Å². The van der Waals surface area contributed by atoms with Crippen LogP contribution in [-0.2, 0) is 13.2 Å². The number of aromatic nitrogens is 1. The van der Waals surface area contributed by atoms with Crippen LogP contribution in [0.1, 0.15) is 23.5 Å². The van der Waals surface area contributed by atoms with E-state index in [0.29, 0.717) is 12.4 Å². The Morgan fingerprint density at radius 2 is 2.18 bits per heavy atom. The number of hydrogen-bond acceptors (Lipinski definition) is 5. The van der Waals surface area contributed by atoms with Gasteiger partial charge in [-0.2, -0.15) is 0 Å². The zero-order chi connectivity index (χ0) is 15.4. The lowest BCUT2D eigenvalue weighted by Crippen LogP contribution is -2.31. The molecule has 0 bridgehead atoms. The molecule has 1 fully saturated rings. The molecule has 1 atom stereocenters. The average molecular weight is 322 g/mol. The van der Waals surface area contributed by atoms with E-state index in [-0.39, 0.29) is 18.5 Å². The molecule has 1 saturated heterocycles. The van der Waals surface area contributed by atoms with E-state index in [1.54, 1.807) is 23.5 Å². The number of likely N-dealkylation sites (tertiary alicyclic amines) is 1. The number of hydrogen-bond donors (Lipinski definition) is 1. The van der Waals surface area contributed by atoms with Gasteiger partial charge >= 0.3 is 0 Å². The van der Waals surface area contributed by atoms with Crippen LogP contribution < -0.4 is 4.74 Å². The van der Waals surface area contributed by atoms with Gasteiger partial charge in [0.25, 0.3) is 0 Å². The van der Waals surface area contributed by atoms with E-state index in [2.05, 4.69) is 9.88 Å². The molecule has 4 nitrogen and oxygen atoms in total. The Bertz CT molecular complexity index is 602. The number of nitrogens with zero attached hydrogens (tertiary/aromatic N) is 2. The lowest BCUT2D eigenvalue weighted by molar-refractivity contribution is 0.152. The van der Waals surface area contributed by atoms with Crippen molar-refractivity contribution < 1.29 is 14.2 Å². The summed E-state index contributed by atoms with van der Waals surface area (Å²) in [6.07, 6.45) is 2.19. The van der Waals surface area contributed by atoms with Gasteiger partial charge < -0.3 is 9.84 Å². The number of benzene rings is 1. The summed E-state index contributed by atoms with van der Waals surface area (Å²) in [4.78, 5) is 6.85. The average Bonchev–Trinajstić information content (AvgIpc) is 3.16. The van der Waals surface area contributed by atoms with Gasteiger partial charge in [-0.15, -0.1) is 11.3 Å². The second-order valence-corrected chi connectivity index (χ2v) is 6.37. The van der Waals surface area contributed by atoms with Crippen molar-refractivity contribution in [3.8, 4) is 5.75 Å². The summed E-state index contributed by atoms with van der Waals surface area (Å²) in [5.41, 5.74) is 1.02. The van der Waals surface area contributed by atoms with Crippen LogP contribution in [0.3, 0.4) is 0 Å². The minimum absolute atomic E-state index is 0.213. The zero-order valence-electron chi connectivity index (χ0n) is 12.2. The van der Waals surface area contributed by atoms with Gasteiger partial charge in [0, 0.05) is 18.0 Å². The smallest absolute Gasteiger partial charge is 0.140 e. The Hall–Kier alpha value is -1.50. The van der Waals surface area contributed by atoms with Crippen LogP contribution >= 0.6 is 11.3 Å². The monoisotopic (exact) mass is 322 g/mol. The van der Waals surface area contributed by atoms with Gasteiger partial charge in [0.15, 0.2) is 0 Å². The summed E-state index contributed by atoms with van der Waals surface area (Å²) in [5.74, 6) is 0.367. The second-order valence-electron chi connectivity index (χ2n) is 5.42. The Morgan fingerprint density at radius 1 is 1.36 bits per heavy atom. The lowest BCUT2D eigenvalue weighted by atomic mass is 10.2. The molecular formula is C16H19FN2O2S. The Balaban J connectivity index is 1.53. The number of ether oxygens (including phenoxy) is 1. The minimum Gasteiger partial charge on any atom is -0.486 e. The molecule has 6 heteroatoms. The Kier molecular flexibility index (Phi) is 5.02. The van der Waals surface area contributed by atoms with Gasteiger partial charge in [-0.3, -0.25) is 4.90 Å². The molecule has 1 aromatic carbocycles. The molecule has 0 radical (unpaired) electrons. The maximum atomic E-state index is 12.8. The van der Waals surface area contributed by atoms with Crippen molar-refractivity contribution in [3.05, 3.63) is 46.2 Å². The summed E-state index contributed by atoms with van der Waals surface area (Å²) < 4.78 is 18.4. The topological polar surface area (TPSA) is 45.6 Å². The number of halogens is 1. The standard InChI is InChI=1S/C16H19FN2O2S/c17-12-3-5-15(6-4-12)21-10-16-18-13(11-22-16)8-19-7-1-2-14(19)9-20/h3-6,11,14,20H,1-2,7-10H2. The van der Waals surface area contributed by atoms with Gasteiger partial charge in [-0.05, 0) is 43.7 Å². The van der Waals surface area contributed by atoms with Crippen molar-refractivity contribution in [2.75, 3.05) is 13.2 Å². The molecule has 0 amide bonds. The molecule has 1 aliphatic heterocycles. The fraction of sp³-hybridized carbons (Fsp3) is 0.438. The highest BCUT2D eigenvalue weighted by Gasteiger charge is 2.24. The lowest BCUT2D eigenvalue weighted by Gasteiger charge is -2.21. The highest BCUT2D eigenvalue weighted by molar-refractivity contribution is 7.09. The van der Waals surface area contributed by atoms with E-state index in [1.807, 2.05) is 5.38 Å². The third-order valence-corrected chi connectivity index (χ3v) is 4.72.